The molecule has 134 valence electrons. The zero-order chi connectivity index (χ0) is 18.6. The summed E-state index contributed by atoms with van der Waals surface area (Å²) in [5.41, 5.74) is 3.67. The maximum atomic E-state index is 12.8. The Morgan fingerprint density at radius 3 is 2.04 bits per heavy atom. The molecule has 25 heavy (non-hydrogen) atoms. The molecule has 1 amide bonds. The van der Waals surface area contributed by atoms with Crippen LogP contribution in [0.1, 0.15) is 27.0 Å². The van der Waals surface area contributed by atoms with Gasteiger partial charge in [0, 0.05) is 24.7 Å². The number of carbonyl (C=O) groups is 1. The first-order valence-electron chi connectivity index (χ1n) is 8.02. The van der Waals surface area contributed by atoms with Crippen LogP contribution >= 0.6 is 0 Å². The molecule has 0 atom stereocenters. The van der Waals surface area contributed by atoms with Crippen LogP contribution in [0.3, 0.4) is 0 Å². The number of benzene rings is 2. The fourth-order valence-corrected chi connectivity index (χ4v) is 2.93. The molecule has 2 aromatic rings. The maximum absolute atomic E-state index is 12.8. The van der Waals surface area contributed by atoms with Crippen LogP contribution in [0.5, 0.6) is 17.2 Å². The Hall–Kier alpha value is -2.69. The molecule has 2 aromatic carbocycles. The number of amides is 1. The summed E-state index contributed by atoms with van der Waals surface area (Å²) in [6.45, 7) is 4.37. The molecule has 0 aromatic heterocycles. The zero-order valence-corrected chi connectivity index (χ0v) is 15.7. The van der Waals surface area contributed by atoms with E-state index >= 15 is 0 Å². The molecule has 2 rings (SSSR count). The van der Waals surface area contributed by atoms with Crippen molar-refractivity contribution in [2.45, 2.75) is 20.4 Å². The summed E-state index contributed by atoms with van der Waals surface area (Å²) in [6.07, 6.45) is 0. The topological polar surface area (TPSA) is 48.0 Å². The van der Waals surface area contributed by atoms with E-state index < -0.39 is 0 Å². The first-order valence-corrected chi connectivity index (χ1v) is 8.02. The average molecular weight is 343 g/mol. The molecule has 0 heterocycles. The molecule has 0 aliphatic heterocycles. The summed E-state index contributed by atoms with van der Waals surface area (Å²) in [7, 11) is 6.49. The molecule has 0 fully saturated rings. The highest BCUT2D eigenvalue weighted by atomic mass is 16.5. The van der Waals surface area contributed by atoms with Gasteiger partial charge in [-0.15, -0.1) is 0 Å². The molecule has 0 spiro atoms. The molecule has 0 bridgehead atoms. The van der Waals surface area contributed by atoms with Gasteiger partial charge >= 0.3 is 0 Å². The van der Waals surface area contributed by atoms with Gasteiger partial charge in [-0.3, -0.25) is 4.79 Å². The maximum Gasteiger partial charge on any atom is 0.253 e. The minimum absolute atomic E-state index is 0.0383. The second-order valence-electron chi connectivity index (χ2n) is 6.03. The minimum Gasteiger partial charge on any atom is -0.493 e. The van der Waals surface area contributed by atoms with Gasteiger partial charge in [0.1, 0.15) is 0 Å². The van der Waals surface area contributed by atoms with Crippen LogP contribution in [0.25, 0.3) is 0 Å². The SMILES string of the molecule is COc1ccc(CN(C)C(=O)c2cc(C)cc(C)c2)c(OC)c1OC. The Morgan fingerprint density at radius 2 is 1.52 bits per heavy atom. The lowest BCUT2D eigenvalue weighted by molar-refractivity contribution is 0.0784. The molecule has 0 aliphatic rings. The van der Waals surface area contributed by atoms with E-state index in [9.17, 15) is 4.79 Å². The van der Waals surface area contributed by atoms with E-state index in [1.165, 1.54) is 0 Å². The van der Waals surface area contributed by atoms with E-state index in [1.54, 1.807) is 33.3 Å². The summed E-state index contributed by atoms with van der Waals surface area (Å²) in [6, 6.07) is 9.54. The van der Waals surface area contributed by atoms with Crippen molar-refractivity contribution < 1.29 is 19.0 Å². The van der Waals surface area contributed by atoms with Gasteiger partial charge in [0.05, 0.1) is 21.3 Å². The van der Waals surface area contributed by atoms with Crippen molar-refractivity contribution in [3.05, 3.63) is 52.6 Å². The predicted octanol–water partition coefficient (Wildman–Crippen LogP) is 3.60. The van der Waals surface area contributed by atoms with E-state index in [0.717, 1.165) is 16.7 Å². The fraction of sp³-hybridized carbons (Fsp3) is 0.350. The van der Waals surface area contributed by atoms with Crippen molar-refractivity contribution in [2.24, 2.45) is 0 Å². The molecule has 5 nitrogen and oxygen atoms in total. The number of rotatable bonds is 6. The van der Waals surface area contributed by atoms with E-state index in [0.29, 0.717) is 29.4 Å². The molecule has 0 aliphatic carbocycles. The van der Waals surface area contributed by atoms with Crippen LogP contribution in [0.4, 0.5) is 0 Å². The van der Waals surface area contributed by atoms with Gasteiger partial charge in [0.2, 0.25) is 5.75 Å². The first-order chi connectivity index (χ1) is 11.9. The Labute approximate surface area is 149 Å². The first kappa shape index (κ1) is 18.6. The summed E-state index contributed by atoms with van der Waals surface area (Å²) < 4.78 is 16.2. The number of hydrogen-bond acceptors (Lipinski definition) is 4. The van der Waals surface area contributed by atoms with Gasteiger partial charge < -0.3 is 19.1 Å². The lowest BCUT2D eigenvalue weighted by Gasteiger charge is -2.21. The third kappa shape index (κ3) is 4.05. The molecule has 0 unspecified atom stereocenters. The van der Waals surface area contributed by atoms with Crippen LogP contribution in [-0.2, 0) is 6.54 Å². The lowest BCUT2D eigenvalue weighted by Crippen LogP contribution is -2.26. The fourth-order valence-electron chi connectivity index (χ4n) is 2.93. The third-order valence-electron chi connectivity index (χ3n) is 4.01. The van der Waals surface area contributed by atoms with Crippen molar-refractivity contribution in [1.29, 1.82) is 0 Å². The molecular weight excluding hydrogens is 318 g/mol. The number of nitrogens with zero attached hydrogens (tertiary/aromatic N) is 1. The Morgan fingerprint density at radius 1 is 0.920 bits per heavy atom. The predicted molar refractivity (Wildman–Crippen MR) is 97.8 cm³/mol. The molecule has 0 N–H and O–H groups in total. The number of ether oxygens (including phenoxy) is 3. The highest BCUT2D eigenvalue weighted by molar-refractivity contribution is 5.94. The van der Waals surface area contributed by atoms with Gasteiger partial charge in [-0.1, -0.05) is 17.2 Å². The van der Waals surface area contributed by atoms with E-state index in [4.69, 9.17) is 14.2 Å². The normalized spacial score (nSPS) is 10.3. The largest absolute Gasteiger partial charge is 0.493 e. The highest BCUT2D eigenvalue weighted by Crippen LogP contribution is 2.40. The quantitative estimate of drug-likeness (QED) is 0.804. The summed E-state index contributed by atoms with van der Waals surface area (Å²) in [5.74, 6) is 1.65. The van der Waals surface area contributed by atoms with Crippen LogP contribution in [0.2, 0.25) is 0 Å². The summed E-state index contributed by atoms with van der Waals surface area (Å²) in [4.78, 5) is 14.4. The van der Waals surface area contributed by atoms with Crippen LogP contribution in [0.15, 0.2) is 30.3 Å². The Balaban J connectivity index is 2.30. The van der Waals surface area contributed by atoms with Crippen molar-refractivity contribution >= 4 is 5.91 Å². The molecule has 0 saturated heterocycles. The van der Waals surface area contributed by atoms with Gasteiger partial charge in [-0.25, -0.2) is 0 Å². The van der Waals surface area contributed by atoms with E-state index in [2.05, 4.69) is 0 Å². The van der Waals surface area contributed by atoms with Crippen molar-refractivity contribution in [3.63, 3.8) is 0 Å². The number of carbonyl (C=O) groups excluding carboxylic acids is 1. The van der Waals surface area contributed by atoms with Crippen molar-refractivity contribution in [2.75, 3.05) is 28.4 Å². The zero-order valence-electron chi connectivity index (χ0n) is 15.7. The van der Waals surface area contributed by atoms with Crippen LogP contribution in [-0.4, -0.2) is 39.2 Å². The standard InChI is InChI=1S/C20H25NO4/c1-13-9-14(2)11-16(10-13)20(22)21(3)12-15-7-8-17(23-4)19(25-6)18(15)24-5/h7-11H,12H2,1-6H3. The smallest absolute Gasteiger partial charge is 0.253 e. The van der Waals surface area contributed by atoms with E-state index in [1.807, 2.05) is 44.2 Å². The van der Waals surface area contributed by atoms with Gasteiger partial charge in [-0.2, -0.15) is 0 Å². The third-order valence-corrected chi connectivity index (χ3v) is 4.01. The van der Waals surface area contributed by atoms with Crippen LogP contribution in [0, 0.1) is 13.8 Å². The van der Waals surface area contributed by atoms with Gasteiger partial charge in [-0.05, 0) is 38.1 Å². The van der Waals surface area contributed by atoms with Gasteiger partial charge in [0.15, 0.2) is 11.5 Å². The Kier molecular flexibility index (Phi) is 5.91. The molecule has 0 saturated carbocycles. The number of methoxy groups -OCH3 is 3. The number of aryl methyl sites for hydroxylation is 2. The minimum atomic E-state index is -0.0383. The van der Waals surface area contributed by atoms with Crippen molar-refractivity contribution in [1.82, 2.24) is 4.90 Å². The second kappa shape index (κ2) is 7.92. The average Bonchev–Trinajstić information content (AvgIpc) is 2.59. The Bertz CT molecular complexity index is 750. The second-order valence-corrected chi connectivity index (χ2v) is 6.03. The monoisotopic (exact) mass is 343 g/mol. The van der Waals surface area contributed by atoms with E-state index in [-0.39, 0.29) is 5.91 Å². The molecule has 5 heteroatoms. The highest BCUT2D eigenvalue weighted by Gasteiger charge is 2.19. The van der Waals surface area contributed by atoms with Gasteiger partial charge in [0.25, 0.3) is 5.91 Å². The molecule has 0 radical (unpaired) electrons. The lowest BCUT2D eigenvalue weighted by atomic mass is 10.1. The number of hydrogen-bond donors (Lipinski definition) is 0. The summed E-state index contributed by atoms with van der Waals surface area (Å²) >= 11 is 0. The van der Waals surface area contributed by atoms with Crippen molar-refractivity contribution in [3.8, 4) is 17.2 Å². The van der Waals surface area contributed by atoms with Crippen LogP contribution < -0.4 is 14.2 Å². The molecular formula is C20H25NO4. The summed E-state index contributed by atoms with van der Waals surface area (Å²) in [5, 5.41) is 0.